The Morgan fingerprint density at radius 3 is 1.92 bits per heavy atom. The zero-order valence-electron chi connectivity index (χ0n) is 28.5. The van der Waals surface area contributed by atoms with Gasteiger partial charge in [-0.2, -0.15) is 0 Å². The molecule has 242 valence electrons. The van der Waals surface area contributed by atoms with Crippen LogP contribution in [0.5, 0.6) is 0 Å². The third-order valence-corrected chi connectivity index (χ3v) is 11.3. The van der Waals surface area contributed by atoms with Crippen molar-refractivity contribution in [2.45, 2.75) is 5.92 Å². The van der Waals surface area contributed by atoms with Crippen molar-refractivity contribution in [3.63, 3.8) is 0 Å². The number of nitrogens with zero attached hydrogens (tertiary/aromatic N) is 2. The predicted octanol–water partition coefficient (Wildman–Crippen LogP) is 10.2. The summed E-state index contributed by atoms with van der Waals surface area (Å²) < 4.78 is 2.39. The summed E-state index contributed by atoms with van der Waals surface area (Å²) in [5.41, 5.74) is 18.0. The Morgan fingerprint density at radius 2 is 1.06 bits per heavy atom. The van der Waals surface area contributed by atoms with Crippen molar-refractivity contribution < 1.29 is 0 Å². The quantitative estimate of drug-likeness (QED) is 0.171. The molecule has 0 bridgehead atoms. The lowest BCUT2D eigenvalue weighted by molar-refractivity contribution is 0.984. The number of hydrogen-bond donors (Lipinski definition) is 0. The number of anilines is 3. The molecule has 9 aromatic rings. The molecule has 0 aliphatic carbocycles. The molecule has 1 aromatic heterocycles. The summed E-state index contributed by atoms with van der Waals surface area (Å²) in [5, 5.41) is 2.51. The average molecular weight is 661 g/mol. The topological polar surface area (TPSA) is 8.17 Å². The van der Waals surface area contributed by atoms with Gasteiger partial charge >= 0.3 is 0 Å². The highest BCUT2D eigenvalue weighted by Gasteiger charge is 2.43. The molecule has 2 aliphatic heterocycles. The Bertz CT molecular complexity index is 2820. The molecule has 0 N–H and O–H groups in total. The van der Waals surface area contributed by atoms with E-state index >= 15 is 0 Å². The minimum atomic E-state index is 0.155. The van der Waals surface area contributed by atoms with E-state index in [1.807, 2.05) is 0 Å². The van der Waals surface area contributed by atoms with Gasteiger partial charge in [-0.05, 0) is 81.7 Å². The van der Waals surface area contributed by atoms with E-state index in [0.717, 1.165) is 0 Å². The van der Waals surface area contributed by atoms with Crippen LogP contribution in [0, 0.1) is 0 Å². The summed E-state index contributed by atoms with van der Waals surface area (Å²) in [6, 6.07) is 71.6. The van der Waals surface area contributed by atoms with Gasteiger partial charge in [-0.3, -0.25) is 0 Å². The Morgan fingerprint density at radius 1 is 0.423 bits per heavy atom. The molecule has 0 amide bonds. The summed E-state index contributed by atoms with van der Waals surface area (Å²) in [6.45, 7) is 0.155. The van der Waals surface area contributed by atoms with Crippen molar-refractivity contribution in [2.24, 2.45) is 0 Å². The molecule has 11 rings (SSSR count). The Labute approximate surface area is 303 Å². The van der Waals surface area contributed by atoms with Gasteiger partial charge in [-0.1, -0.05) is 151 Å². The fourth-order valence-corrected chi connectivity index (χ4v) is 9.25. The molecule has 0 saturated heterocycles. The molecule has 2 nitrogen and oxygen atoms in total. The normalized spacial score (nSPS) is 14.3. The third kappa shape index (κ3) is 4.20. The highest BCUT2D eigenvalue weighted by molar-refractivity contribution is 6.99. The molecule has 0 radical (unpaired) electrons. The van der Waals surface area contributed by atoms with Crippen LogP contribution < -0.4 is 21.3 Å². The smallest absolute Gasteiger partial charge is 0.247 e. The highest BCUT2D eigenvalue weighted by atomic mass is 15.2. The van der Waals surface area contributed by atoms with Crippen LogP contribution in [-0.2, 0) is 0 Å². The lowest BCUT2D eigenvalue weighted by Gasteiger charge is -2.43. The Balaban J connectivity index is 1.15. The monoisotopic (exact) mass is 660 g/mol. The third-order valence-electron chi connectivity index (χ3n) is 11.3. The van der Waals surface area contributed by atoms with Crippen LogP contribution in [0.4, 0.5) is 17.1 Å². The molecule has 0 fully saturated rings. The zero-order chi connectivity index (χ0) is 34.2. The number of hydrogen-bond acceptors (Lipinski definition) is 1. The summed E-state index contributed by atoms with van der Waals surface area (Å²) in [4.78, 5) is 2.54. The molecule has 3 heterocycles. The molecule has 3 heteroatoms. The maximum atomic E-state index is 2.54. The fourth-order valence-electron chi connectivity index (χ4n) is 9.25. The number of fused-ring (bicyclic) bond motifs is 7. The Kier molecular flexibility index (Phi) is 6.44. The van der Waals surface area contributed by atoms with Crippen molar-refractivity contribution in [1.82, 2.24) is 4.57 Å². The van der Waals surface area contributed by atoms with Crippen LogP contribution in [0.15, 0.2) is 194 Å². The second-order valence-electron chi connectivity index (χ2n) is 14.0. The van der Waals surface area contributed by atoms with Crippen molar-refractivity contribution in [3.05, 3.63) is 211 Å². The lowest BCUT2D eigenvalue weighted by atomic mass is 9.31. The largest absolute Gasteiger partial charge is 0.311 e. The van der Waals surface area contributed by atoms with Crippen LogP contribution >= 0.6 is 0 Å². The van der Waals surface area contributed by atoms with E-state index in [4.69, 9.17) is 0 Å². The van der Waals surface area contributed by atoms with E-state index in [2.05, 4.69) is 204 Å². The van der Waals surface area contributed by atoms with Gasteiger partial charge in [-0.25, -0.2) is 0 Å². The van der Waals surface area contributed by atoms with E-state index in [1.165, 1.54) is 88.8 Å². The maximum absolute atomic E-state index is 2.54. The molecular formula is C49H33BN2. The first-order valence-corrected chi connectivity index (χ1v) is 18.2. The average Bonchev–Trinajstić information content (AvgIpc) is 3.55. The fraction of sp³-hybridized carbons (Fsp3) is 0.0204. The van der Waals surface area contributed by atoms with Gasteiger partial charge in [0, 0.05) is 39.3 Å². The van der Waals surface area contributed by atoms with Gasteiger partial charge in [-0.15, -0.1) is 0 Å². The van der Waals surface area contributed by atoms with Gasteiger partial charge in [0.25, 0.3) is 0 Å². The first-order valence-electron chi connectivity index (χ1n) is 18.2. The minimum absolute atomic E-state index is 0.155. The van der Waals surface area contributed by atoms with Crippen LogP contribution in [0.25, 0.3) is 38.6 Å². The van der Waals surface area contributed by atoms with Crippen molar-refractivity contribution in [2.75, 3.05) is 4.90 Å². The van der Waals surface area contributed by atoms with Crippen molar-refractivity contribution in [1.29, 1.82) is 0 Å². The van der Waals surface area contributed by atoms with Crippen LogP contribution in [0.3, 0.4) is 0 Å². The van der Waals surface area contributed by atoms with E-state index in [1.54, 1.807) is 0 Å². The molecule has 8 aromatic carbocycles. The number of benzene rings is 8. The molecule has 2 aliphatic rings. The highest BCUT2D eigenvalue weighted by Crippen LogP contribution is 2.45. The van der Waals surface area contributed by atoms with Crippen LogP contribution in [0.1, 0.15) is 22.6 Å². The summed E-state index contributed by atoms with van der Waals surface area (Å²) >= 11 is 0. The standard InChI is InChI=1S/C49H33BN2/c1-3-16-33(17-4-1)48-38-22-7-10-24-41(38)50-42-25-11-14-28-46(42)52(47-29-15-23-39(48)49(47)50)43-26-12-8-20-36(43)34-30-31-45-40(32-34)37-21-9-13-27-44(37)51(45)35-18-5-2-6-19-35/h1-32,48H. The minimum Gasteiger partial charge on any atom is -0.311 e. The molecule has 0 saturated carbocycles. The lowest BCUT2D eigenvalue weighted by Crippen LogP contribution is -2.61. The zero-order valence-corrected chi connectivity index (χ0v) is 28.5. The van der Waals surface area contributed by atoms with Gasteiger partial charge in [0.05, 0.1) is 16.7 Å². The first-order chi connectivity index (χ1) is 25.8. The van der Waals surface area contributed by atoms with E-state index < -0.39 is 0 Å². The number of para-hydroxylation sites is 4. The Hall–Kier alpha value is -6.58. The predicted molar refractivity (Wildman–Crippen MR) is 219 cm³/mol. The second-order valence-corrected chi connectivity index (χ2v) is 14.0. The summed E-state index contributed by atoms with van der Waals surface area (Å²) in [7, 11) is 0. The molecule has 1 unspecified atom stereocenters. The van der Waals surface area contributed by atoms with Crippen LogP contribution in [-0.4, -0.2) is 11.3 Å². The number of aromatic nitrogens is 1. The molecule has 52 heavy (non-hydrogen) atoms. The van der Waals surface area contributed by atoms with Crippen molar-refractivity contribution in [3.8, 4) is 16.8 Å². The molecular weight excluding hydrogens is 627 g/mol. The summed E-state index contributed by atoms with van der Waals surface area (Å²) in [5.74, 6) is 0.162. The van der Waals surface area contributed by atoms with Gasteiger partial charge in [0.1, 0.15) is 0 Å². The van der Waals surface area contributed by atoms with Gasteiger partial charge in [0.15, 0.2) is 0 Å². The summed E-state index contributed by atoms with van der Waals surface area (Å²) in [6.07, 6.45) is 0. The first kappa shape index (κ1) is 29.2. The second kappa shape index (κ2) is 11.5. The SMILES string of the molecule is c1ccc(C2c3ccccc3B3c4ccccc4N(c4ccccc4-c4ccc5c(c4)c4ccccc4n5-c4ccccc4)c4cccc2c43)cc1. The maximum Gasteiger partial charge on any atom is 0.247 e. The van der Waals surface area contributed by atoms with E-state index in [9.17, 15) is 0 Å². The van der Waals surface area contributed by atoms with Gasteiger partial charge in [0.2, 0.25) is 6.71 Å². The van der Waals surface area contributed by atoms with E-state index in [0.29, 0.717) is 0 Å². The van der Waals surface area contributed by atoms with Crippen molar-refractivity contribution >= 4 is 62.0 Å². The number of rotatable bonds is 4. The van der Waals surface area contributed by atoms with E-state index in [-0.39, 0.29) is 12.6 Å². The van der Waals surface area contributed by atoms with Crippen LogP contribution in [0.2, 0.25) is 0 Å². The molecule has 1 atom stereocenters. The van der Waals surface area contributed by atoms with Gasteiger partial charge < -0.3 is 9.47 Å². The molecule has 0 spiro atoms.